The van der Waals surface area contributed by atoms with Crippen molar-refractivity contribution in [3.05, 3.63) is 26.7 Å². The third-order valence-corrected chi connectivity index (χ3v) is 3.19. The maximum atomic E-state index is 11.9. The van der Waals surface area contributed by atoms with Crippen molar-refractivity contribution in [2.45, 2.75) is 11.9 Å². The van der Waals surface area contributed by atoms with Crippen molar-refractivity contribution in [2.24, 2.45) is 0 Å². The fourth-order valence-corrected chi connectivity index (χ4v) is 2.32. The molecule has 0 aromatic carbocycles. The van der Waals surface area contributed by atoms with Crippen LogP contribution in [-0.4, -0.2) is 25.7 Å². The first-order valence-electron chi connectivity index (χ1n) is 4.37. The van der Waals surface area contributed by atoms with E-state index in [-0.39, 0.29) is 17.0 Å². The minimum Gasteiger partial charge on any atom is -0.493 e. The van der Waals surface area contributed by atoms with E-state index in [0.29, 0.717) is 15.3 Å². The summed E-state index contributed by atoms with van der Waals surface area (Å²) in [5.41, 5.74) is 0.298. The standard InChI is InChI=1S/C9H8BrN3O2S/c1-4-7(14)12-6-8(16-2)11-5(10)3-13(6)9(4)15/h3,14H,1-2H3. The van der Waals surface area contributed by atoms with Gasteiger partial charge in [-0.05, 0) is 29.1 Å². The van der Waals surface area contributed by atoms with Crippen LogP contribution in [0.4, 0.5) is 0 Å². The number of hydrogen-bond donors (Lipinski definition) is 1. The number of nitrogens with zero attached hydrogens (tertiary/aromatic N) is 3. The Labute approximate surface area is 104 Å². The molecule has 0 spiro atoms. The minimum atomic E-state index is -0.291. The Morgan fingerprint density at radius 1 is 1.50 bits per heavy atom. The highest BCUT2D eigenvalue weighted by atomic mass is 79.9. The molecule has 2 aromatic heterocycles. The molecular weight excluding hydrogens is 294 g/mol. The average molecular weight is 302 g/mol. The third-order valence-electron chi connectivity index (χ3n) is 2.14. The summed E-state index contributed by atoms with van der Waals surface area (Å²) in [4.78, 5) is 20.0. The zero-order chi connectivity index (χ0) is 11.9. The van der Waals surface area contributed by atoms with Crippen LogP contribution in [0, 0.1) is 6.92 Å². The molecule has 2 aromatic rings. The summed E-state index contributed by atoms with van der Waals surface area (Å²) in [7, 11) is 0. The van der Waals surface area contributed by atoms with Crippen molar-refractivity contribution in [3.8, 4) is 5.88 Å². The van der Waals surface area contributed by atoms with Gasteiger partial charge in [-0.2, -0.15) is 4.98 Å². The van der Waals surface area contributed by atoms with Gasteiger partial charge in [-0.3, -0.25) is 9.20 Å². The molecule has 84 valence electrons. The van der Waals surface area contributed by atoms with E-state index in [9.17, 15) is 9.90 Å². The predicted molar refractivity (Wildman–Crippen MR) is 65.1 cm³/mol. The summed E-state index contributed by atoms with van der Waals surface area (Å²) < 4.78 is 1.93. The molecule has 0 aliphatic carbocycles. The highest BCUT2D eigenvalue weighted by molar-refractivity contribution is 9.10. The van der Waals surface area contributed by atoms with Gasteiger partial charge < -0.3 is 5.11 Å². The molecule has 2 heterocycles. The number of halogens is 1. The van der Waals surface area contributed by atoms with Gasteiger partial charge >= 0.3 is 0 Å². The lowest BCUT2D eigenvalue weighted by molar-refractivity contribution is 0.447. The summed E-state index contributed by atoms with van der Waals surface area (Å²) in [6.07, 6.45) is 3.37. The molecule has 7 heteroatoms. The van der Waals surface area contributed by atoms with Gasteiger partial charge in [0.2, 0.25) is 5.88 Å². The lowest BCUT2D eigenvalue weighted by Gasteiger charge is -2.06. The van der Waals surface area contributed by atoms with Gasteiger partial charge in [0.15, 0.2) is 5.65 Å². The van der Waals surface area contributed by atoms with Gasteiger partial charge in [-0.15, -0.1) is 11.8 Å². The summed E-state index contributed by atoms with van der Waals surface area (Å²) in [6, 6.07) is 0. The molecule has 5 nitrogen and oxygen atoms in total. The highest BCUT2D eigenvalue weighted by Crippen LogP contribution is 2.21. The Bertz CT molecular complexity index is 626. The SMILES string of the molecule is CSc1nc(Br)cn2c(=O)c(C)c(O)nc12. The fourth-order valence-electron chi connectivity index (χ4n) is 1.30. The van der Waals surface area contributed by atoms with Gasteiger partial charge in [0.1, 0.15) is 9.63 Å². The number of aromatic hydroxyl groups is 1. The van der Waals surface area contributed by atoms with Crippen LogP contribution in [-0.2, 0) is 0 Å². The quantitative estimate of drug-likeness (QED) is 0.810. The molecule has 16 heavy (non-hydrogen) atoms. The van der Waals surface area contributed by atoms with Gasteiger partial charge in [0, 0.05) is 6.20 Å². The van der Waals surface area contributed by atoms with E-state index in [4.69, 9.17) is 0 Å². The Morgan fingerprint density at radius 2 is 2.19 bits per heavy atom. The van der Waals surface area contributed by atoms with Gasteiger partial charge in [-0.1, -0.05) is 0 Å². The highest BCUT2D eigenvalue weighted by Gasteiger charge is 2.12. The second-order valence-corrected chi connectivity index (χ2v) is 4.74. The van der Waals surface area contributed by atoms with Crippen LogP contribution in [0.2, 0.25) is 0 Å². The van der Waals surface area contributed by atoms with E-state index in [1.165, 1.54) is 29.3 Å². The number of hydrogen-bond acceptors (Lipinski definition) is 5. The topological polar surface area (TPSA) is 67.5 Å². The van der Waals surface area contributed by atoms with Gasteiger partial charge in [0.25, 0.3) is 5.56 Å². The van der Waals surface area contributed by atoms with E-state index >= 15 is 0 Å². The predicted octanol–water partition coefficient (Wildman–Crippen LogP) is 1.59. The Hall–Kier alpha value is -1.08. The zero-order valence-corrected chi connectivity index (χ0v) is 11.0. The lowest BCUT2D eigenvalue weighted by atomic mass is 10.3. The molecule has 0 atom stereocenters. The Morgan fingerprint density at radius 3 is 2.81 bits per heavy atom. The largest absolute Gasteiger partial charge is 0.493 e. The van der Waals surface area contributed by atoms with Crippen molar-refractivity contribution in [2.75, 3.05) is 6.26 Å². The van der Waals surface area contributed by atoms with E-state index in [2.05, 4.69) is 25.9 Å². The second kappa shape index (κ2) is 4.06. The summed E-state index contributed by atoms with van der Waals surface area (Å²) >= 11 is 4.59. The molecule has 0 amide bonds. The Balaban J connectivity index is 3.01. The number of rotatable bonds is 1. The number of aromatic nitrogens is 3. The number of thioether (sulfide) groups is 1. The Kier molecular flexibility index (Phi) is 2.90. The first-order chi connectivity index (χ1) is 7.54. The van der Waals surface area contributed by atoms with Crippen molar-refractivity contribution >= 4 is 33.3 Å². The molecule has 2 rings (SSSR count). The minimum absolute atomic E-state index is 0.225. The molecular formula is C9H8BrN3O2S. The molecule has 0 fully saturated rings. The maximum Gasteiger partial charge on any atom is 0.264 e. The first-order valence-corrected chi connectivity index (χ1v) is 6.39. The second-order valence-electron chi connectivity index (χ2n) is 3.13. The average Bonchev–Trinajstić information content (AvgIpc) is 2.26. The van der Waals surface area contributed by atoms with Crippen LogP contribution in [0.3, 0.4) is 0 Å². The number of fused-ring (bicyclic) bond motifs is 1. The van der Waals surface area contributed by atoms with Gasteiger partial charge in [0.05, 0.1) is 5.56 Å². The molecule has 0 unspecified atom stereocenters. The monoisotopic (exact) mass is 301 g/mol. The zero-order valence-electron chi connectivity index (χ0n) is 8.56. The van der Waals surface area contributed by atoms with Crippen LogP contribution in [0.1, 0.15) is 5.56 Å². The molecule has 0 saturated heterocycles. The van der Waals surface area contributed by atoms with E-state index in [1.54, 1.807) is 0 Å². The van der Waals surface area contributed by atoms with Crippen LogP contribution in [0.15, 0.2) is 20.6 Å². The van der Waals surface area contributed by atoms with Crippen molar-refractivity contribution in [1.29, 1.82) is 0 Å². The van der Waals surface area contributed by atoms with Crippen LogP contribution >= 0.6 is 27.7 Å². The van der Waals surface area contributed by atoms with Crippen LogP contribution < -0.4 is 5.56 Å². The smallest absolute Gasteiger partial charge is 0.264 e. The van der Waals surface area contributed by atoms with E-state index in [0.717, 1.165) is 0 Å². The van der Waals surface area contributed by atoms with E-state index in [1.807, 2.05) is 6.26 Å². The molecule has 1 N–H and O–H groups in total. The van der Waals surface area contributed by atoms with Crippen molar-refractivity contribution in [3.63, 3.8) is 0 Å². The van der Waals surface area contributed by atoms with Crippen LogP contribution in [0.5, 0.6) is 5.88 Å². The maximum absolute atomic E-state index is 11.9. The summed E-state index contributed by atoms with van der Waals surface area (Å²) in [6.45, 7) is 1.53. The molecule has 0 saturated carbocycles. The van der Waals surface area contributed by atoms with E-state index < -0.39 is 0 Å². The third kappa shape index (κ3) is 1.69. The first kappa shape index (κ1) is 11.4. The summed E-state index contributed by atoms with van der Waals surface area (Å²) in [5.74, 6) is -0.246. The lowest BCUT2D eigenvalue weighted by Crippen LogP contribution is -2.18. The summed E-state index contributed by atoms with van der Waals surface area (Å²) in [5, 5.41) is 10.1. The van der Waals surface area contributed by atoms with Crippen LogP contribution in [0.25, 0.3) is 5.65 Å². The normalized spacial score (nSPS) is 10.9. The molecule has 0 bridgehead atoms. The fraction of sp³-hybridized carbons (Fsp3) is 0.222. The molecule has 0 radical (unpaired) electrons. The van der Waals surface area contributed by atoms with Crippen molar-refractivity contribution < 1.29 is 5.11 Å². The molecule has 0 aliphatic rings. The van der Waals surface area contributed by atoms with Crippen molar-refractivity contribution in [1.82, 2.24) is 14.4 Å². The molecule has 0 aliphatic heterocycles. The van der Waals surface area contributed by atoms with Gasteiger partial charge in [-0.25, -0.2) is 4.98 Å².